The smallest absolute Gasteiger partial charge is 0.406 e. The van der Waals surface area contributed by atoms with Gasteiger partial charge in [0.15, 0.2) is 5.76 Å². The van der Waals surface area contributed by atoms with Crippen LogP contribution in [0, 0.1) is 10.1 Å². The molecule has 0 radical (unpaired) electrons. The lowest BCUT2D eigenvalue weighted by Crippen LogP contribution is -2.16. The summed E-state index contributed by atoms with van der Waals surface area (Å²) in [7, 11) is 0. The van der Waals surface area contributed by atoms with Gasteiger partial charge < -0.3 is 13.6 Å². The van der Waals surface area contributed by atoms with Gasteiger partial charge in [0.2, 0.25) is 5.89 Å². The molecule has 0 spiro atoms. The van der Waals surface area contributed by atoms with Crippen molar-refractivity contribution >= 4 is 17.8 Å². The fourth-order valence-corrected chi connectivity index (χ4v) is 1.90. The van der Waals surface area contributed by atoms with E-state index in [-0.39, 0.29) is 23.2 Å². The van der Waals surface area contributed by atoms with Gasteiger partial charge in [-0.3, -0.25) is 20.2 Å². The average molecular weight is 384 g/mol. The summed E-state index contributed by atoms with van der Waals surface area (Å²) in [4.78, 5) is 21.6. The van der Waals surface area contributed by atoms with Gasteiger partial charge in [-0.1, -0.05) is 5.10 Å². The van der Waals surface area contributed by atoms with E-state index in [0.29, 0.717) is 0 Å². The van der Waals surface area contributed by atoms with E-state index in [4.69, 9.17) is 8.83 Å². The molecular weight excluding hydrogens is 377 g/mol. The van der Waals surface area contributed by atoms with Crippen molar-refractivity contribution in [3.63, 3.8) is 0 Å². The maximum absolute atomic E-state index is 12.1. The van der Waals surface area contributed by atoms with Gasteiger partial charge in [-0.25, -0.2) is 0 Å². The molecular formula is C14H7F3N4O6. The number of nitro groups is 1. The second-order valence-corrected chi connectivity index (χ2v) is 4.83. The molecule has 0 atom stereocenters. The first-order valence-corrected chi connectivity index (χ1v) is 6.96. The van der Waals surface area contributed by atoms with E-state index in [1.807, 2.05) is 0 Å². The molecule has 0 aliphatic carbocycles. The van der Waals surface area contributed by atoms with Gasteiger partial charge >= 0.3 is 18.3 Å². The highest BCUT2D eigenvalue weighted by Gasteiger charge is 2.31. The largest absolute Gasteiger partial charge is 0.573 e. The Morgan fingerprint density at radius 1 is 1.11 bits per heavy atom. The topological polar surface area (TPSA) is 134 Å². The number of hydrogen-bond acceptors (Lipinski definition) is 8. The SMILES string of the molecule is O=C(Nc1nnc(-c2ccc(OC(F)(F)F)cc2)o1)c1ccc([N+](=O)[O-])o1. The molecule has 0 saturated carbocycles. The number of alkyl halides is 3. The molecule has 1 aromatic carbocycles. The van der Waals surface area contributed by atoms with Crippen molar-refractivity contribution in [1.82, 2.24) is 10.2 Å². The van der Waals surface area contributed by atoms with Gasteiger partial charge in [0.25, 0.3) is 5.91 Å². The maximum Gasteiger partial charge on any atom is 0.573 e. The third kappa shape index (κ3) is 4.39. The number of carbonyl (C=O) groups excluding carboxylic acids is 1. The van der Waals surface area contributed by atoms with E-state index >= 15 is 0 Å². The summed E-state index contributed by atoms with van der Waals surface area (Å²) < 4.78 is 50.0. The van der Waals surface area contributed by atoms with Gasteiger partial charge in [0, 0.05) is 5.56 Å². The number of halogens is 3. The molecule has 0 unspecified atom stereocenters. The standard InChI is InChI=1S/C14H7F3N4O6/c15-14(16,17)27-8-3-1-7(2-4-8)12-19-20-13(26-12)18-11(22)9-5-6-10(25-9)21(23)24/h1-6H,(H,18,20,22). The molecule has 0 aliphatic rings. The second-order valence-electron chi connectivity index (χ2n) is 4.83. The number of aromatic nitrogens is 2. The summed E-state index contributed by atoms with van der Waals surface area (Å²) in [5, 5.41) is 19.9. The van der Waals surface area contributed by atoms with Crippen LogP contribution < -0.4 is 10.1 Å². The normalized spacial score (nSPS) is 11.2. The molecule has 3 rings (SSSR count). The Morgan fingerprint density at radius 2 is 1.81 bits per heavy atom. The molecule has 2 heterocycles. The number of furan rings is 1. The molecule has 0 fully saturated rings. The molecule has 1 amide bonds. The van der Waals surface area contributed by atoms with Crippen LogP contribution in [0.2, 0.25) is 0 Å². The van der Waals surface area contributed by atoms with E-state index in [2.05, 4.69) is 20.3 Å². The first-order chi connectivity index (χ1) is 12.7. The van der Waals surface area contributed by atoms with E-state index < -0.39 is 28.8 Å². The molecule has 0 bridgehead atoms. The number of hydrogen-bond donors (Lipinski definition) is 1. The maximum atomic E-state index is 12.1. The second kappa shape index (κ2) is 6.78. The Morgan fingerprint density at radius 3 is 2.41 bits per heavy atom. The fourth-order valence-electron chi connectivity index (χ4n) is 1.90. The summed E-state index contributed by atoms with van der Waals surface area (Å²) in [5.74, 6) is -2.36. The van der Waals surface area contributed by atoms with Crippen molar-refractivity contribution in [1.29, 1.82) is 0 Å². The number of amides is 1. The van der Waals surface area contributed by atoms with Crippen molar-refractivity contribution in [2.45, 2.75) is 6.36 Å². The lowest BCUT2D eigenvalue weighted by atomic mass is 10.2. The van der Waals surface area contributed by atoms with Crippen LogP contribution in [0.15, 0.2) is 45.2 Å². The van der Waals surface area contributed by atoms with E-state index in [1.165, 1.54) is 12.1 Å². The zero-order valence-corrected chi connectivity index (χ0v) is 12.9. The van der Waals surface area contributed by atoms with Crippen molar-refractivity contribution < 1.29 is 36.5 Å². The Labute approximate surface area is 146 Å². The van der Waals surface area contributed by atoms with Crippen LogP contribution >= 0.6 is 0 Å². The van der Waals surface area contributed by atoms with Crippen LogP contribution in [0.1, 0.15) is 10.6 Å². The predicted molar refractivity (Wildman–Crippen MR) is 79.7 cm³/mol. The lowest BCUT2D eigenvalue weighted by molar-refractivity contribution is -0.402. The summed E-state index contributed by atoms with van der Waals surface area (Å²) in [6.45, 7) is 0. The van der Waals surface area contributed by atoms with Crippen molar-refractivity contribution in [2.75, 3.05) is 5.32 Å². The molecule has 10 nitrogen and oxygen atoms in total. The molecule has 140 valence electrons. The number of benzene rings is 1. The van der Waals surface area contributed by atoms with Gasteiger partial charge in [-0.05, 0) is 30.3 Å². The van der Waals surface area contributed by atoms with E-state index in [9.17, 15) is 28.1 Å². The summed E-state index contributed by atoms with van der Waals surface area (Å²) in [6.07, 6.45) is -4.82. The number of nitrogens with zero attached hydrogens (tertiary/aromatic N) is 3. The molecule has 2 aromatic heterocycles. The highest BCUT2D eigenvalue weighted by atomic mass is 19.4. The minimum absolute atomic E-state index is 0.0886. The van der Waals surface area contributed by atoms with Crippen LogP contribution in [0.3, 0.4) is 0 Å². The van der Waals surface area contributed by atoms with Crippen molar-refractivity contribution in [3.8, 4) is 17.2 Å². The first kappa shape index (κ1) is 17.9. The first-order valence-electron chi connectivity index (χ1n) is 6.96. The van der Waals surface area contributed by atoms with Gasteiger partial charge in [-0.15, -0.1) is 18.3 Å². The Balaban J connectivity index is 1.69. The number of anilines is 1. The minimum Gasteiger partial charge on any atom is -0.406 e. The number of rotatable bonds is 5. The predicted octanol–water partition coefficient (Wildman–Crippen LogP) is 3.39. The Bertz CT molecular complexity index is 979. The third-order valence-corrected chi connectivity index (χ3v) is 2.98. The molecule has 27 heavy (non-hydrogen) atoms. The molecule has 0 saturated heterocycles. The third-order valence-electron chi connectivity index (χ3n) is 2.98. The molecule has 1 N–H and O–H groups in total. The number of carbonyl (C=O) groups is 1. The van der Waals surface area contributed by atoms with Crippen LogP contribution in [0.4, 0.5) is 25.1 Å². The number of nitrogens with one attached hydrogen (secondary N) is 1. The van der Waals surface area contributed by atoms with Crippen LogP contribution in [-0.2, 0) is 0 Å². The lowest BCUT2D eigenvalue weighted by Gasteiger charge is -2.08. The zero-order valence-electron chi connectivity index (χ0n) is 12.9. The zero-order chi connectivity index (χ0) is 19.6. The van der Waals surface area contributed by atoms with Crippen LogP contribution in [0.5, 0.6) is 5.75 Å². The summed E-state index contributed by atoms with van der Waals surface area (Å²) in [6, 6.07) is 6.33. The molecule has 0 aliphatic heterocycles. The molecule has 13 heteroatoms. The van der Waals surface area contributed by atoms with Crippen molar-refractivity contribution in [3.05, 3.63) is 52.3 Å². The number of ether oxygens (including phenoxy) is 1. The highest BCUT2D eigenvalue weighted by Crippen LogP contribution is 2.26. The Kier molecular flexibility index (Phi) is 4.50. The van der Waals surface area contributed by atoms with Gasteiger partial charge in [0.05, 0.1) is 6.07 Å². The fraction of sp³-hybridized carbons (Fsp3) is 0.0714. The average Bonchev–Trinajstić information content (AvgIpc) is 3.23. The van der Waals surface area contributed by atoms with E-state index in [0.717, 1.165) is 24.3 Å². The van der Waals surface area contributed by atoms with Crippen molar-refractivity contribution in [2.24, 2.45) is 0 Å². The Hall–Kier alpha value is -3.90. The van der Waals surface area contributed by atoms with Crippen LogP contribution in [-0.4, -0.2) is 27.4 Å². The minimum atomic E-state index is -4.82. The van der Waals surface area contributed by atoms with Gasteiger partial charge in [-0.2, -0.15) is 0 Å². The van der Waals surface area contributed by atoms with E-state index in [1.54, 1.807) is 0 Å². The highest BCUT2D eigenvalue weighted by molar-refractivity contribution is 6.01. The molecule has 3 aromatic rings. The van der Waals surface area contributed by atoms with Crippen LogP contribution in [0.25, 0.3) is 11.5 Å². The monoisotopic (exact) mass is 384 g/mol. The summed E-state index contributed by atoms with van der Waals surface area (Å²) in [5.41, 5.74) is 0.270. The summed E-state index contributed by atoms with van der Waals surface area (Å²) >= 11 is 0. The quantitative estimate of drug-likeness (QED) is 0.523. The van der Waals surface area contributed by atoms with Gasteiger partial charge in [0.1, 0.15) is 10.7 Å².